The van der Waals surface area contributed by atoms with Gasteiger partial charge in [0.2, 0.25) is 5.91 Å². The fourth-order valence-corrected chi connectivity index (χ4v) is 2.96. The molecule has 0 aromatic heterocycles. The van der Waals surface area contributed by atoms with Crippen LogP contribution in [0, 0.1) is 5.92 Å². The third-order valence-corrected chi connectivity index (χ3v) is 4.43. The van der Waals surface area contributed by atoms with Gasteiger partial charge in [-0.15, -0.1) is 0 Å². The van der Waals surface area contributed by atoms with Crippen LogP contribution in [0.15, 0.2) is 4.99 Å². The monoisotopic (exact) mass is 255 g/mol. The zero-order valence-corrected chi connectivity index (χ0v) is 11.3. The van der Waals surface area contributed by atoms with Crippen molar-refractivity contribution < 1.29 is 4.79 Å². The first-order chi connectivity index (χ1) is 8.25. The van der Waals surface area contributed by atoms with Crippen molar-refractivity contribution in [2.45, 2.75) is 26.2 Å². The summed E-state index contributed by atoms with van der Waals surface area (Å²) >= 11 is 1.73. The Labute approximate surface area is 107 Å². The number of piperidine rings is 1. The van der Waals surface area contributed by atoms with Crippen LogP contribution in [0.3, 0.4) is 0 Å². The summed E-state index contributed by atoms with van der Waals surface area (Å²) in [6.45, 7) is 5.34. The predicted molar refractivity (Wildman–Crippen MR) is 72.4 cm³/mol. The van der Waals surface area contributed by atoms with E-state index in [4.69, 9.17) is 0 Å². The number of aliphatic imine (C=N–C) groups is 1. The van der Waals surface area contributed by atoms with Crippen LogP contribution in [-0.4, -0.2) is 47.9 Å². The molecule has 0 aromatic carbocycles. The minimum Gasteiger partial charge on any atom is -0.356 e. The van der Waals surface area contributed by atoms with E-state index >= 15 is 0 Å². The summed E-state index contributed by atoms with van der Waals surface area (Å²) in [6, 6.07) is 0. The van der Waals surface area contributed by atoms with Crippen molar-refractivity contribution in [3.63, 3.8) is 0 Å². The van der Waals surface area contributed by atoms with E-state index in [1.165, 1.54) is 6.42 Å². The molecule has 2 rings (SSSR count). The van der Waals surface area contributed by atoms with Crippen LogP contribution in [-0.2, 0) is 4.79 Å². The molecule has 0 bridgehead atoms. The summed E-state index contributed by atoms with van der Waals surface area (Å²) in [5, 5.41) is 4.10. The summed E-state index contributed by atoms with van der Waals surface area (Å²) in [4.78, 5) is 18.3. The molecule has 4 nitrogen and oxygen atoms in total. The number of nitrogens with zero attached hydrogens (tertiary/aromatic N) is 2. The molecule has 1 fully saturated rings. The van der Waals surface area contributed by atoms with Gasteiger partial charge < -0.3 is 10.2 Å². The molecular formula is C12H21N3OS. The molecule has 1 N–H and O–H groups in total. The lowest BCUT2D eigenvalue weighted by Crippen LogP contribution is -2.42. The lowest BCUT2D eigenvalue weighted by molar-refractivity contribution is -0.130. The number of likely N-dealkylation sites (tertiary alicyclic amines) is 1. The van der Waals surface area contributed by atoms with E-state index < -0.39 is 0 Å². The van der Waals surface area contributed by atoms with Crippen LogP contribution in [0.4, 0.5) is 0 Å². The standard InChI is InChI=1S/C12H21N3OS/c1-10-7-13-12(17-9-10)14-8-11(16)15-5-3-2-4-6-15/h10H,2-9H2,1H3,(H,13,14). The fourth-order valence-electron chi connectivity index (χ4n) is 2.07. The van der Waals surface area contributed by atoms with Crippen molar-refractivity contribution in [1.82, 2.24) is 10.2 Å². The Hall–Kier alpha value is -0.710. The van der Waals surface area contributed by atoms with Crippen LogP contribution in [0.5, 0.6) is 0 Å². The topological polar surface area (TPSA) is 44.7 Å². The largest absolute Gasteiger partial charge is 0.356 e. The Morgan fingerprint density at radius 2 is 2.24 bits per heavy atom. The number of thioether (sulfide) groups is 1. The average Bonchev–Trinajstić information content (AvgIpc) is 2.39. The van der Waals surface area contributed by atoms with E-state index in [-0.39, 0.29) is 5.91 Å². The van der Waals surface area contributed by atoms with Gasteiger partial charge in [0.05, 0.1) is 6.54 Å². The summed E-state index contributed by atoms with van der Waals surface area (Å²) in [6.07, 6.45) is 3.57. The van der Waals surface area contributed by atoms with Crippen molar-refractivity contribution in [3.8, 4) is 0 Å². The summed E-state index contributed by atoms with van der Waals surface area (Å²) < 4.78 is 0. The van der Waals surface area contributed by atoms with Gasteiger partial charge in [0.1, 0.15) is 0 Å². The Balaban J connectivity index is 1.72. The fraction of sp³-hybridized carbons (Fsp3) is 0.833. The van der Waals surface area contributed by atoms with Crippen LogP contribution in [0.1, 0.15) is 26.2 Å². The molecule has 2 heterocycles. The van der Waals surface area contributed by atoms with Gasteiger partial charge in [0.25, 0.3) is 0 Å². The number of amidine groups is 1. The molecule has 0 radical (unpaired) electrons. The van der Waals surface area contributed by atoms with E-state index in [1.54, 1.807) is 11.8 Å². The van der Waals surface area contributed by atoms with Crippen LogP contribution >= 0.6 is 11.8 Å². The second-order valence-corrected chi connectivity index (χ2v) is 5.87. The van der Waals surface area contributed by atoms with Gasteiger partial charge in [-0.1, -0.05) is 18.7 Å². The van der Waals surface area contributed by atoms with Crippen molar-refractivity contribution in [2.24, 2.45) is 10.9 Å². The molecule has 17 heavy (non-hydrogen) atoms. The molecule has 1 unspecified atom stereocenters. The Bertz CT molecular complexity index is 300. The number of rotatable bonds is 2. The van der Waals surface area contributed by atoms with Crippen molar-refractivity contribution in [1.29, 1.82) is 0 Å². The quantitative estimate of drug-likeness (QED) is 0.809. The molecule has 0 saturated carbocycles. The van der Waals surface area contributed by atoms with Gasteiger partial charge in [0, 0.05) is 25.4 Å². The normalized spacial score (nSPS) is 25.4. The summed E-state index contributed by atoms with van der Waals surface area (Å²) in [5.41, 5.74) is 0. The minimum absolute atomic E-state index is 0.214. The molecule has 96 valence electrons. The smallest absolute Gasteiger partial charge is 0.241 e. The van der Waals surface area contributed by atoms with Gasteiger partial charge in [-0.25, -0.2) is 0 Å². The zero-order valence-electron chi connectivity index (χ0n) is 10.4. The van der Waals surface area contributed by atoms with Crippen LogP contribution in [0.2, 0.25) is 0 Å². The highest BCUT2D eigenvalue weighted by Crippen LogP contribution is 2.15. The van der Waals surface area contributed by atoms with E-state index in [1.807, 2.05) is 4.90 Å². The number of nitrogens with one attached hydrogen (secondary N) is 1. The van der Waals surface area contributed by atoms with Gasteiger partial charge in [-0.05, 0) is 25.2 Å². The van der Waals surface area contributed by atoms with Crippen LogP contribution in [0.25, 0.3) is 0 Å². The highest BCUT2D eigenvalue weighted by atomic mass is 32.2. The second-order valence-electron chi connectivity index (χ2n) is 4.86. The Kier molecular flexibility index (Phi) is 4.71. The summed E-state index contributed by atoms with van der Waals surface area (Å²) in [7, 11) is 0. The third-order valence-electron chi connectivity index (χ3n) is 3.15. The molecule has 1 saturated heterocycles. The second kappa shape index (κ2) is 6.28. The lowest BCUT2D eigenvalue weighted by Gasteiger charge is -2.27. The summed E-state index contributed by atoms with van der Waals surface area (Å²) in [5.74, 6) is 1.97. The Morgan fingerprint density at radius 1 is 1.47 bits per heavy atom. The van der Waals surface area contributed by atoms with E-state index in [2.05, 4.69) is 17.2 Å². The molecular weight excluding hydrogens is 234 g/mol. The molecule has 5 heteroatoms. The molecule has 0 spiro atoms. The highest BCUT2D eigenvalue weighted by Gasteiger charge is 2.17. The highest BCUT2D eigenvalue weighted by molar-refractivity contribution is 8.13. The Morgan fingerprint density at radius 3 is 2.88 bits per heavy atom. The van der Waals surface area contributed by atoms with E-state index in [0.29, 0.717) is 12.5 Å². The van der Waals surface area contributed by atoms with Crippen molar-refractivity contribution >= 4 is 22.8 Å². The maximum Gasteiger partial charge on any atom is 0.241 e. The third kappa shape index (κ3) is 3.91. The number of hydrogen-bond acceptors (Lipinski definition) is 4. The van der Waals surface area contributed by atoms with Gasteiger partial charge >= 0.3 is 0 Å². The number of hydrogen-bond donors (Lipinski definition) is 1. The first-order valence-corrected chi connectivity index (χ1v) is 7.43. The lowest BCUT2D eigenvalue weighted by atomic mass is 10.1. The van der Waals surface area contributed by atoms with Gasteiger partial charge in [0.15, 0.2) is 5.17 Å². The molecule has 2 aliphatic rings. The zero-order chi connectivity index (χ0) is 12.1. The van der Waals surface area contributed by atoms with E-state index in [9.17, 15) is 4.79 Å². The first kappa shape index (κ1) is 12.7. The minimum atomic E-state index is 0.214. The molecule has 1 amide bonds. The molecule has 2 aliphatic heterocycles. The SMILES string of the molecule is CC1CN=C(NCC(=O)N2CCCCC2)SC1. The number of amides is 1. The van der Waals surface area contributed by atoms with Crippen molar-refractivity contribution in [3.05, 3.63) is 0 Å². The maximum atomic E-state index is 11.9. The van der Waals surface area contributed by atoms with Crippen LogP contribution < -0.4 is 5.32 Å². The molecule has 1 atom stereocenters. The van der Waals surface area contributed by atoms with Gasteiger partial charge in [-0.3, -0.25) is 9.79 Å². The molecule has 0 aromatic rings. The van der Waals surface area contributed by atoms with Gasteiger partial charge in [-0.2, -0.15) is 0 Å². The number of carbonyl (C=O) groups excluding carboxylic acids is 1. The van der Waals surface area contributed by atoms with E-state index in [0.717, 1.165) is 43.4 Å². The number of carbonyl (C=O) groups is 1. The maximum absolute atomic E-state index is 11.9. The first-order valence-electron chi connectivity index (χ1n) is 6.44. The molecule has 0 aliphatic carbocycles. The average molecular weight is 255 g/mol. The van der Waals surface area contributed by atoms with Crippen molar-refractivity contribution in [2.75, 3.05) is 31.9 Å². The predicted octanol–water partition coefficient (Wildman–Crippen LogP) is 1.33.